The molecule has 8 heavy (non-hydrogen) atoms. The molecule has 48 valence electrons. The summed E-state index contributed by atoms with van der Waals surface area (Å²) in [5.41, 5.74) is 5.39. The zero-order valence-corrected chi connectivity index (χ0v) is 5.85. The molecule has 2 atom stereocenters. The van der Waals surface area contributed by atoms with Gasteiger partial charge in [0.05, 0.1) is 12.8 Å². The Bertz CT molecular complexity index is 50.3. The number of rotatable bonds is 3. The van der Waals surface area contributed by atoms with Gasteiger partial charge in [0.1, 0.15) is 0 Å². The maximum absolute atomic E-state index is 5.39. The van der Waals surface area contributed by atoms with Crippen molar-refractivity contribution in [3.63, 3.8) is 0 Å². The maximum Gasteiger partial charge on any atom is 0.0928 e. The zero-order valence-electron chi connectivity index (χ0n) is 5.85. The molecule has 0 heterocycles. The second kappa shape index (κ2) is 3.79. The van der Waals surface area contributed by atoms with Crippen molar-refractivity contribution in [2.24, 2.45) is 17.6 Å². The third kappa shape index (κ3) is 4.00. The van der Waals surface area contributed by atoms with Gasteiger partial charge < -0.3 is 5.73 Å². The molecule has 0 saturated heterocycles. The number of hydrogen-bond donors (Lipinski definition) is 1. The Hall–Kier alpha value is -0.170. The quantitative estimate of drug-likeness (QED) is 0.552. The predicted molar refractivity (Wildman–Crippen MR) is 37.4 cm³/mol. The lowest BCUT2D eigenvalue weighted by molar-refractivity contribution is 0.474. The van der Waals surface area contributed by atoms with Gasteiger partial charge in [-0.3, -0.25) is 0 Å². The van der Waals surface area contributed by atoms with Gasteiger partial charge >= 0.3 is 0 Å². The SMILES string of the molecule is [CH2+]C(C)CC(C)CN. The predicted octanol–water partition coefficient (Wildman–Crippen LogP) is 1.44. The Morgan fingerprint density at radius 3 is 2.12 bits per heavy atom. The van der Waals surface area contributed by atoms with E-state index in [9.17, 15) is 0 Å². The second-order valence-electron chi connectivity index (χ2n) is 2.68. The van der Waals surface area contributed by atoms with E-state index in [1.165, 1.54) is 0 Å². The highest BCUT2D eigenvalue weighted by atomic mass is 14.5. The van der Waals surface area contributed by atoms with E-state index in [4.69, 9.17) is 5.73 Å². The van der Waals surface area contributed by atoms with Crippen LogP contribution in [0.5, 0.6) is 0 Å². The molecule has 1 heteroatoms. The molecule has 0 aromatic carbocycles. The minimum Gasteiger partial charge on any atom is -0.330 e. The first-order valence-electron chi connectivity index (χ1n) is 3.20. The van der Waals surface area contributed by atoms with Gasteiger partial charge in [-0.05, 0) is 25.8 Å². The fourth-order valence-electron chi connectivity index (χ4n) is 0.783. The van der Waals surface area contributed by atoms with Crippen molar-refractivity contribution in [3.05, 3.63) is 6.92 Å². The van der Waals surface area contributed by atoms with Gasteiger partial charge in [-0.25, -0.2) is 0 Å². The zero-order chi connectivity index (χ0) is 6.57. The third-order valence-corrected chi connectivity index (χ3v) is 1.21. The average molecular weight is 114 g/mol. The van der Waals surface area contributed by atoms with E-state index in [1.807, 2.05) is 0 Å². The molecular formula is C7H16N+. The summed E-state index contributed by atoms with van der Waals surface area (Å²) in [5, 5.41) is 0. The van der Waals surface area contributed by atoms with Gasteiger partial charge in [-0.2, -0.15) is 0 Å². The minimum absolute atomic E-state index is 0.550. The fourth-order valence-corrected chi connectivity index (χ4v) is 0.783. The van der Waals surface area contributed by atoms with Crippen LogP contribution >= 0.6 is 0 Å². The number of hydrogen-bond acceptors (Lipinski definition) is 1. The highest BCUT2D eigenvalue weighted by Crippen LogP contribution is 2.07. The first-order chi connectivity index (χ1) is 3.66. The molecule has 0 rings (SSSR count). The van der Waals surface area contributed by atoms with E-state index < -0.39 is 0 Å². The van der Waals surface area contributed by atoms with Crippen molar-refractivity contribution < 1.29 is 0 Å². The first kappa shape index (κ1) is 7.83. The highest BCUT2D eigenvalue weighted by Gasteiger charge is 2.05. The van der Waals surface area contributed by atoms with Crippen LogP contribution in [-0.4, -0.2) is 6.54 Å². The van der Waals surface area contributed by atoms with Crippen molar-refractivity contribution in [3.8, 4) is 0 Å². The van der Waals surface area contributed by atoms with Crippen LogP contribution in [-0.2, 0) is 0 Å². The van der Waals surface area contributed by atoms with Crippen molar-refractivity contribution in [2.45, 2.75) is 20.3 Å². The van der Waals surface area contributed by atoms with Crippen molar-refractivity contribution >= 4 is 0 Å². The van der Waals surface area contributed by atoms with Crippen LogP contribution in [0.25, 0.3) is 0 Å². The summed E-state index contributed by atoms with van der Waals surface area (Å²) < 4.78 is 0. The standard InChI is InChI=1S/C7H16N/c1-6(2)4-7(3)5-8/h6-7H,1,4-5,8H2,2-3H3/q+1. The average Bonchev–Trinajstić information content (AvgIpc) is 1.65. The molecule has 0 fully saturated rings. The molecule has 0 aliphatic heterocycles. The van der Waals surface area contributed by atoms with Crippen LogP contribution in [0.1, 0.15) is 20.3 Å². The molecule has 0 aliphatic carbocycles. The van der Waals surface area contributed by atoms with Gasteiger partial charge in [0.15, 0.2) is 0 Å². The summed E-state index contributed by atoms with van der Waals surface area (Å²) in [7, 11) is 0. The summed E-state index contributed by atoms with van der Waals surface area (Å²) in [5.74, 6) is 1.19. The van der Waals surface area contributed by atoms with E-state index in [1.54, 1.807) is 0 Å². The lowest BCUT2D eigenvalue weighted by atomic mass is 9.99. The Morgan fingerprint density at radius 1 is 1.50 bits per heavy atom. The summed E-state index contributed by atoms with van der Waals surface area (Å²) in [4.78, 5) is 0. The molecular weight excluding hydrogens is 98.1 g/mol. The van der Waals surface area contributed by atoms with Crippen molar-refractivity contribution in [1.29, 1.82) is 0 Å². The van der Waals surface area contributed by atoms with Gasteiger partial charge in [0, 0.05) is 0 Å². The maximum atomic E-state index is 5.39. The molecule has 0 amide bonds. The fraction of sp³-hybridized carbons (Fsp3) is 0.857. The van der Waals surface area contributed by atoms with E-state index in [2.05, 4.69) is 20.8 Å². The lowest BCUT2D eigenvalue weighted by Crippen LogP contribution is -2.12. The monoisotopic (exact) mass is 114 g/mol. The molecule has 2 N–H and O–H groups in total. The van der Waals surface area contributed by atoms with Crippen LogP contribution in [0.15, 0.2) is 0 Å². The van der Waals surface area contributed by atoms with Crippen molar-refractivity contribution in [1.82, 2.24) is 0 Å². The van der Waals surface area contributed by atoms with Crippen LogP contribution < -0.4 is 5.73 Å². The summed E-state index contributed by atoms with van der Waals surface area (Å²) in [6, 6.07) is 0. The largest absolute Gasteiger partial charge is 0.330 e. The molecule has 1 nitrogen and oxygen atoms in total. The lowest BCUT2D eigenvalue weighted by Gasteiger charge is -2.05. The smallest absolute Gasteiger partial charge is 0.0928 e. The van der Waals surface area contributed by atoms with E-state index in [-0.39, 0.29) is 0 Å². The van der Waals surface area contributed by atoms with E-state index >= 15 is 0 Å². The first-order valence-corrected chi connectivity index (χ1v) is 3.20. The molecule has 2 unspecified atom stereocenters. The minimum atomic E-state index is 0.550. The van der Waals surface area contributed by atoms with Crippen LogP contribution in [0, 0.1) is 18.8 Å². The van der Waals surface area contributed by atoms with Crippen LogP contribution in [0.4, 0.5) is 0 Å². The van der Waals surface area contributed by atoms with E-state index in [0.29, 0.717) is 11.8 Å². The number of nitrogens with two attached hydrogens (primary N) is 1. The summed E-state index contributed by atoms with van der Waals surface area (Å²) in [6.45, 7) is 8.93. The molecule has 0 aromatic heterocycles. The van der Waals surface area contributed by atoms with Gasteiger partial charge in [0.25, 0.3) is 0 Å². The van der Waals surface area contributed by atoms with Gasteiger partial charge in [-0.1, -0.05) is 6.92 Å². The molecule has 0 spiro atoms. The normalized spacial score (nSPS) is 17.9. The molecule has 0 saturated carbocycles. The Labute approximate surface area is 52.3 Å². The van der Waals surface area contributed by atoms with Gasteiger partial charge in [-0.15, -0.1) is 0 Å². The molecule has 0 radical (unpaired) electrons. The highest BCUT2D eigenvalue weighted by molar-refractivity contribution is 4.60. The summed E-state index contributed by atoms with van der Waals surface area (Å²) in [6.07, 6.45) is 1.15. The molecule has 0 aliphatic rings. The van der Waals surface area contributed by atoms with Crippen LogP contribution in [0.2, 0.25) is 0 Å². The Balaban J connectivity index is 3.10. The van der Waals surface area contributed by atoms with Crippen molar-refractivity contribution in [2.75, 3.05) is 6.54 Å². The topological polar surface area (TPSA) is 26.0 Å². The Kier molecular flexibility index (Phi) is 3.71. The Morgan fingerprint density at radius 2 is 2.00 bits per heavy atom. The molecule has 0 bridgehead atoms. The van der Waals surface area contributed by atoms with Gasteiger partial charge in [0.2, 0.25) is 0 Å². The second-order valence-corrected chi connectivity index (χ2v) is 2.68. The van der Waals surface area contributed by atoms with E-state index in [0.717, 1.165) is 13.0 Å². The third-order valence-electron chi connectivity index (χ3n) is 1.21. The summed E-state index contributed by atoms with van der Waals surface area (Å²) >= 11 is 0. The van der Waals surface area contributed by atoms with Crippen LogP contribution in [0.3, 0.4) is 0 Å². The molecule has 0 aromatic rings.